The Bertz CT molecular complexity index is 590. The SMILES string of the molecule is CCCCOCC(CF)OC1=CC[C@@H]2NC(C3=CCC(N(CC)CC)CC3)CC[C@@H]2C1. The van der Waals surface area contributed by atoms with Gasteiger partial charge in [-0.2, -0.15) is 0 Å². The van der Waals surface area contributed by atoms with Crippen LogP contribution in [-0.4, -0.2) is 62.1 Å². The summed E-state index contributed by atoms with van der Waals surface area (Å²) in [5.41, 5.74) is 1.63. The Morgan fingerprint density at radius 1 is 1.13 bits per heavy atom. The number of ether oxygens (including phenoxy) is 2. The number of piperidine rings is 1. The van der Waals surface area contributed by atoms with Gasteiger partial charge in [-0.25, -0.2) is 4.39 Å². The highest BCUT2D eigenvalue weighted by molar-refractivity contribution is 5.18. The fourth-order valence-electron chi connectivity index (χ4n) is 5.57. The van der Waals surface area contributed by atoms with E-state index in [9.17, 15) is 4.39 Å². The molecule has 5 heteroatoms. The van der Waals surface area contributed by atoms with Gasteiger partial charge in [0.1, 0.15) is 12.8 Å². The van der Waals surface area contributed by atoms with Crippen LogP contribution in [0.25, 0.3) is 0 Å². The number of rotatable bonds is 12. The second kappa shape index (κ2) is 13.0. The number of halogens is 1. The minimum absolute atomic E-state index is 0.352. The number of hydrogen-bond donors (Lipinski definition) is 1. The van der Waals surface area contributed by atoms with Crippen LogP contribution in [0.5, 0.6) is 0 Å². The van der Waals surface area contributed by atoms with Gasteiger partial charge in [-0.05, 0) is 70.0 Å². The number of fused-ring (bicyclic) bond motifs is 1. The topological polar surface area (TPSA) is 33.7 Å². The first-order chi connectivity index (χ1) is 15.2. The summed E-state index contributed by atoms with van der Waals surface area (Å²) in [4.78, 5) is 2.60. The maximum Gasteiger partial charge on any atom is 0.150 e. The second-order valence-electron chi connectivity index (χ2n) is 9.52. The van der Waals surface area contributed by atoms with Crippen LogP contribution in [0, 0.1) is 5.92 Å². The molecule has 0 aromatic carbocycles. The summed E-state index contributed by atoms with van der Waals surface area (Å²) < 4.78 is 24.9. The van der Waals surface area contributed by atoms with Crippen LogP contribution in [0.2, 0.25) is 0 Å². The van der Waals surface area contributed by atoms with Crippen LogP contribution in [0.1, 0.15) is 78.6 Å². The van der Waals surface area contributed by atoms with Crippen LogP contribution in [0.15, 0.2) is 23.5 Å². The van der Waals surface area contributed by atoms with Gasteiger partial charge in [0.25, 0.3) is 0 Å². The lowest BCUT2D eigenvalue weighted by Gasteiger charge is -2.42. The van der Waals surface area contributed by atoms with Crippen molar-refractivity contribution in [3.05, 3.63) is 23.5 Å². The maximum absolute atomic E-state index is 13.4. The van der Waals surface area contributed by atoms with E-state index in [0.29, 0.717) is 31.2 Å². The van der Waals surface area contributed by atoms with E-state index in [1.54, 1.807) is 5.57 Å². The third kappa shape index (κ3) is 7.03. The van der Waals surface area contributed by atoms with Gasteiger partial charge in [0, 0.05) is 31.2 Å². The third-order valence-electron chi connectivity index (χ3n) is 7.50. The van der Waals surface area contributed by atoms with Crippen LogP contribution >= 0.6 is 0 Å². The molecule has 0 amide bonds. The predicted molar refractivity (Wildman–Crippen MR) is 126 cm³/mol. The zero-order valence-electron chi connectivity index (χ0n) is 20.1. The Labute approximate surface area is 189 Å². The van der Waals surface area contributed by atoms with Crippen molar-refractivity contribution in [2.75, 3.05) is 33.0 Å². The van der Waals surface area contributed by atoms with E-state index in [0.717, 1.165) is 50.6 Å². The zero-order chi connectivity index (χ0) is 22.1. The van der Waals surface area contributed by atoms with Crippen molar-refractivity contribution in [2.45, 2.75) is 103 Å². The molecule has 1 N–H and O–H groups in total. The number of nitrogens with zero attached hydrogens (tertiary/aromatic N) is 1. The molecule has 1 aliphatic heterocycles. The first-order valence-corrected chi connectivity index (χ1v) is 12.9. The molecule has 5 atom stereocenters. The molecule has 1 heterocycles. The van der Waals surface area contributed by atoms with E-state index in [1.165, 1.54) is 32.1 Å². The van der Waals surface area contributed by atoms with Gasteiger partial charge >= 0.3 is 0 Å². The number of alkyl halides is 1. The van der Waals surface area contributed by atoms with Crippen molar-refractivity contribution in [1.82, 2.24) is 10.2 Å². The summed E-state index contributed by atoms with van der Waals surface area (Å²) in [5, 5.41) is 3.95. The number of hydrogen-bond acceptors (Lipinski definition) is 4. The minimum atomic E-state index is -0.486. The van der Waals surface area contributed by atoms with Crippen LogP contribution < -0.4 is 5.32 Å². The van der Waals surface area contributed by atoms with Crippen molar-refractivity contribution in [3.8, 4) is 0 Å². The molecular weight excluding hydrogens is 391 g/mol. The molecule has 0 bridgehead atoms. The quantitative estimate of drug-likeness (QED) is 0.328. The van der Waals surface area contributed by atoms with Crippen LogP contribution in [0.3, 0.4) is 0 Å². The fraction of sp³-hybridized carbons (Fsp3) is 0.846. The maximum atomic E-state index is 13.4. The summed E-state index contributed by atoms with van der Waals surface area (Å²) in [5.74, 6) is 1.58. The Kier molecular flexibility index (Phi) is 10.3. The lowest BCUT2D eigenvalue weighted by Crippen LogP contribution is -2.50. The minimum Gasteiger partial charge on any atom is -0.490 e. The summed E-state index contributed by atoms with van der Waals surface area (Å²) in [7, 11) is 0. The molecule has 1 saturated heterocycles. The lowest BCUT2D eigenvalue weighted by molar-refractivity contribution is -0.00553. The van der Waals surface area contributed by atoms with Gasteiger partial charge in [0.2, 0.25) is 0 Å². The van der Waals surface area contributed by atoms with Crippen molar-refractivity contribution in [3.63, 3.8) is 0 Å². The first-order valence-electron chi connectivity index (χ1n) is 12.9. The second-order valence-corrected chi connectivity index (χ2v) is 9.52. The number of unbranched alkanes of at least 4 members (excludes halogenated alkanes) is 1. The van der Waals surface area contributed by atoms with E-state index in [-0.39, 0.29) is 0 Å². The largest absolute Gasteiger partial charge is 0.490 e. The highest BCUT2D eigenvalue weighted by Crippen LogP contribution is 2.36. The van der Waals surface area contributed by atoms with Gasteiger partial charge in [0.15, 0.2) is 0 Å². The Morgan fingerprint density at radius 3 is 2.65 bits per heavy atom. The highest BCUT2D eigenvalue weighted by Gasteiger charge is 2.35. The summed E-state index contributed by atoms with van der Waals surface area (Å²) in [6.45, 7) is 9.54. The summed E-state index contributed by atoms with van der Waals surface area (Å²) >= 11 is 0. The van der Waals surface area contributed by atoms with Crippen LogP contribution in [0.4, 0.5) is 4.39 Å². The summed E-state index contributed by atoms with van der Waals surface area (Å²) in [6, 6.07) is 1.79. The highest BCUT2D eigenvalue weighted by atomic mass is 19.1. The van der Waals surface area contributed by atoms with Gasteiger partial charge in [-0.3, -0.25) is 0 Å². The van der Waals surface area contributed by atoms with E-state index in [1.807, 2.05) is 0 Å². The zero-order valence-corrected chi connectivity index (χ0v) is 20.1. The van der Waals surface area contributed by atoms with E-state index in [2.05, 4.69) is 43.1 Å². The molecule has 31 heavy (non-hydrogen) atoms. The van der Waals surface area contributed by atoms with Crippen LogP contribution in [-0.2, 0) is 9.47 Å². The Morgan fingerprint density at radius 2 is 1.97 bits per heavy atom. The molecule has 3 aliphatic rings. The molecule has 1 fully saturated rings. The van der Waals surface area contributed by atoms with Gasteiger partial charge in [-0.1, -0.05) is 38.8 Å². The Balaban J connectivity index is 1.46. The van der Waals surface area contributed by atoms with E-state index in [4.69, 9.17) is 9.47 Å². The Hall–Kier alpha value is -0.910. The van der Waals surface area contributed by atoms with E-state index < -0.39 is 12.8 Å². The molecule has 178 valence electrons. The molecule has 0 spiro atoms. The van der Waals surface area contributed by atoms with Crippen molar-refractivity contribution in [2.24, 2.45) is 5.92 Å². The molecular formula is C26H45FN2O2. The third-order valence-corrected chi connectivity index (χ3v) is 7.50. The molecule has 0 radical (unpaired) electrons. The molecule has 2 aliphatic carbocycles. The first kappa shape index (κ1) is 24.7. The average Bonchev–Trinajstić information content (AvgIpc) is 2.82. The smallest absolute Gasteiger partial charge is 0.150 e. The molecule has 0 aromatic rings. The molecule has 3 rings (SSSR count). The predicted octanol–water partition coefficient (Wildman–Crippen LogP) is 5.39. The monoisotopic (exact) mass is 436 g/mol. The summed E-state index contributed by atoms with van der Waals surface area (Å²) in [6.07, 6.45) is 14.5. The molecule has 0 saturated carbocycles. The standard InChI is InChI=1S/C26H45FN2O2/c1-4-7-16-30-19-24(18-27)31-23-13-15-26-21(17-23)10-14-25(28-26)20-8-11-22(12-9-20)29(5-2)6-3/h8,13,21-22,24-26,28H,4-7,9-12,14-19H2,1-3H3/t21-,22?,24?,25?,26+/m1/s1. The normalized spacial score (nSPS) is 29.8. The van der Waals surface area contributed by atoms with Gasteiger partial charge in [-0.15, -0.1) is 0 Å². The van der Waals surface area contributed by atoms with Gasteiger partial charge < -0.3 is 19.7 Å². The fourth-order valence-corrected chi connectivity index (χ4v) is 5.57. The molecule has 4 nitrogen and oxygen atoms in total. The average molecular weight is 437 g/mol. The van der Waals surface area contributed by atoms with Gasteiger partial charge in [0.05, 0.1) is 12.4 Å². The number of nitrogens with one attached hydrogen (secondary N) is 1. The molecule has 3 unspecified atom stereocenters. The lowest BCUT2D eigenvalue weighted by atomic mass is 9.77. The van der Waals surface area contributed by atoms with Crippen molar-refractivity contribution in [1.29, 1.82) is 0 Å². The van der Waals surface area contributed by atoms with Crippen molar-refractivity contribution < 1.29 is 13.9 Å². The number of allylic oxidation sites excluding steroid dienone is 1. The van der Waals surface area contributed by atoms with E-state index >= 15 is 0 Å². The van der Waals surface area contributed by atoms with Crippen molar-refractivity contribution >= 4 is 0 Å². The molecule has 0 aromatic heterocycles.